The van der Waals surface area contributed by atoms with Crippen LogP contribution in [0.4, 0.5) is 0 Å². The summed E-state index contributed by atoms with van der Waals surface area (Å²) >= 11 is 0. The highest BCUT2D eigenvalue weighted by atomic mass is 127. The molecule has 29 heavy (non-hydrogen) atoms. The van der Waals surface area contributed by atoms with Crippen LogP contribution in [0.1, 0.15) is 43.7 Å². The fourth-order valence-electron chi connectivity index (χ4n) is 4.16. The Morgan fingerprint density at radius 3 is 2.45 bits per heavy atom. The Labute approximate surface area is 193 Å². The summed E-state index contributed by atoms with van der Waals surface area (Å²) in [6.45, 7) is 2.51. The smallest absolute Gasteiger partial charge is 0.191 e. The molecule has 6 nitrogen and oxygen atoms in total. The van der Waals surface area contributed by atoms with E-state index in [-0.39, 0.29) is 30.0 Å². The van der Waals surface area contributed by atoms with Crippen molar-refractivity contribution in [2.24, 2.45) is 10.4 Å². The number of halogens is 1. The summed E-state index contributed by atoms with van der Waals surface area (Å²) < 4.78 is 10.9. The van der Waals surface area contributed by atoms with E-state index in [0.717, 1.165) is 37.8 Å². The van der Waals surface area contributed by atoms with Crippen molar-refractivity contribution >= 4 is 29.9 Å². The second kappa shape index (κ2) is 13.3. The molecule has 0 saturated heterocycles. The summed E-state index contributed by atoms with van der Waals surface area (Å²) in [6, 6.07) is 8.38. The van der Waals surface area contributed by atoms with Gasteiger partial charge in [0, 0.05) is 39.4 Å². The number of methoxy groups -OCH3 is 2. The third-order valence-corrected chi connectivity index (χ3v) is 5.94. The van der Waals surface area contributed by atoms with Crippen molar-refractivity contribution in [1.29, 1.82) is 0 Å². The first kappa shape index (κ1) is 26.0. The molecule has 1 fully saturated rings. The van der Waals surface area contributed by atoms with Crippen LogP contribution < -0.4 is 15.4 Å². The molecule has 1 aromatic rings. The van der Waals surface area contributed by atoms with Crippen LogP contribution in [0, 0.1) is 5.41 Å². The fraction of sp³-hybridized carbons (Fsp3) is 0.682. The van der Waals surface area contributed by atoms with Crippen LogP contribution in [-0.4, -0.2) is 65.9 Å². The van der Waals surface area contributed by atoms with E-state index in [1.165, 1.54) is 31.2 Å². The lowest BCUT2D eigenvalue weighted by Gasteiger charge is -2.31. The number of ether oxygens (including phenoxy) is 2. The molecule has 1 unspecified atom stereocenters. The Bertz CT molecular complexity index is 619. The van der Waals surface area contributed by atoms with E-state index in [4.69, 9.17) is 9.47 Å². The van der Waals surface area contributed by atoms with Crippen molar-refractivity contribution in [3.8, 4) is 5.75 Å². The molecule has 2 rings (SSSR count). The summed E-state index contributed by atoms with van der Waals surface area (Å²) in [7, 11) is 9.52. The minimum absolute atomic E-state index is 0. The molecule has 1 atom stereocenters. The zero-order valence-corrected chi connectivity index (χ0v) is 21.0. The van der Waals surface area contributed by atoms with Gasteiger partial charge in [0.05, 0.1) is 13.2 Å². The van der Waals surface area contributed by atoms with Gasteiger partial charge in [-0.2, -0.15) is 0 Å². The third-order valence-electron chi connectivity index (χ3n) is 5.94. The Kier molecular flexibility index (Phi) is 11.9. The highest BCUT2D eigenvalue weighted by Crippen LogP contribution is 2.40. The maximum Gasteiger partial charge on any atom is 0.191 e. The molecule has 0 aliphatic heterocycles. The fourth-order valence-corrected chi connectivity index (χ4v) is 4.16. The lowest BCUT2D eigenvalue weighted by Crippen LogP contribution is -2.45. The van der Waals surface area contributed by atoms with Crippen molar-refractivity contribution in [3.63, 3.8) is 0 Å². The Morgan fingerprint density at radius 1 is 1.17 bits per heavy atom. The van der Waals surface area contributed by atoms with Gasteiger partial charge in [0.1, 0.15) is 5.75 Å². The Balaban J connectivity index is 0.00000420. The van der Waals surface area contributed by atoms with Gasteiger partial charge >= 0.3 is 0 Å². The van der Waals surface area contributed by atoms with Crippen molar-refractivity contribution in [2.45, 2.75) is 38.1 Å². The van der Waals surface area contributed by atoms with Crippen LogP contribution in [-0.2, 0) is 4.74 Å². The van der Waals surface area contributed by atoms with Gasteiger partial charge in [0.15, 0.2) is 5.96 Å². The average molecular weight is 518 g/mol. The van der Waals surface area contributed by atoms with E-state index >= 15 is 0 Å². The van der Waals surface area contributed by atoms with E-state index < -0.39 is 0 Å². The third kappa shape index (κ3) is 7.61. The Hall–Kier alpha value is -1.06. The molecule has 1 aliphatic rings. The number of benzene rings is 1. The summed E-state index contributed by atoms with van der Waals surface area (Å²) in [5.74, 6) is 1.76. The van der Waals surface area contributed by atoms with Crippen LogP contribution in [0.5, 0.6) is 5.75 Å². The summed E-state index contributed by atoms with van der Waals surface area (Å²) in [5.41, 5.74) is 1.50. The zero-order chi connectivity index (χ0) is 20.4. The molecule has 1 aromatic carbocycles. The summed E-state index contributed by atoms with van der Waals surface area (Å²) in [6.07, 6.45) is 6.26. The number of para-hydroxylation sites is 1. The number of nitrogens with zero attached hydrogens (tertiary/aromatic N) is 2. The number of nitrogens with one attached hydrogen (secondary N) is 2. The highest BCUT2D eigenvalue weighted by molar-refractivity contribution is 14.0. The largest absolute Gasteiger partial charge is 0.496 e. The van der Waals surface area contributed by atoms with Crippen LogP contribution in [0.2, 0.25) is 0 Å². The van der Waals surface area contributed by atoms with E-state index in [1.807, 2.05) is 19.2 Å². The second-order valence-corrected chi connectivity index (χ2v) is 7.98. The van der Waals surface area contributed by atoms with Gasteiger partial charge in [-0.3, -0.25) is 4.99 Å². The van der Waals surface area contributed by atoms with Crippen LogP contribution >= 0.6 is 24.0 Å². The van der Waals surface area contributed by atoms with Crippen LogP contribution in [0.15, 0.2) is 29.3 Å². The predicted molar refractivity (Wildman–Crippen MR) is 132 cm³/mol. The molecule has 2 N–H and O–H groups in total. The standard InChI is InChI=1S/C22H38N4O2.HI/c1-23-21(25-17-22(14-15-27-4)12-8-9-13-22)24-16-19(26(2)3)18-10-6-7-11-20(18)28-5;/h6-7,10-11,19H,8-9,12-17H2,1-5H3,(H2,23,24,25);1H. The normalized spacial score (nSPS) is 17.0. The molecule has 1 saturated carbocycles. The molecule has 0 radical (unpaired) electrons. The van der Waals surface area contributed by atoms with Gasteiger partial charge in [-0.25, -0.2) is 0 Å². The van der Waals surface area contributed by atoms with Crippen LogP contribution in [0.3, 0.4) is 0 Å². The zero-order valence-electron chi connectivity index (χ0n) is 18.7. The van der Waals surface area contributed by atoms with E-state index in [9.17, 15) is 0 Å². The van der Waals surface area contributed by atoms with E-state index in [0.29, 0.717) is 5.41 Å². The number of rotatable bonds is 10. The lowest BCUT2D eigenvalue weighted by atomic mass is 9.83. The summed E-state index contributed by atoms with van der Waals surface area (Å²) in [4.78, 5) is 6.64. The monoisotopic (exact) mass is 518 g/mol. The molecular weight excluding hydrogens is 479 g/mol. The minimum atomic E-state index is 0. The molecule has 7 heteroatoms. The molecule has 0 amide bonds. The average Bonchev–Trinajstić information content (AvgIpc) is 3.18. The van der Waals surface area contributed by atoms with Gasteiger partial charge in [-0.1, -0.05) is 31.0 Å². The number of aliphatic imine (C=N–C) groups is 1. The van der Waals surface area contributed by atoms with Crippen molar-refractivity contribution < 1.29 is 9.47 Å². The number of likely N-dealkylation sites (N-methyl/N-ethyl adjacent to an activating group) is 1. The maximum atomic E-state index is 5.56. The van der Waals surface area contributed by atoms with Gasteiger partial charge < -0.3 is 25.0 Å². The summed E-state index contributed by atoms with van der Waals surface area (Å²) in [5, 5.41) is 7.08. The maximum absolute atomic E-state index is 5.56. The number of guanidine groups is 1. The Morgan fingerprint density at radius 2 is 1.86 bits per heavy atom. The van der Waals surface area contributed by atoms with Gasteiger partial charge in [-0.05, 0) is 44.8 Å². The first-order chi connectivity index (χ1) is 13.5. The second-order valence-electron chi connectivity index (χ2n) is 7.98. The van der Waals surface area contributed by atoms with Crippen LogP contribution in [0.25, 0.3) is 0 Å². The van der Waals surface area contributed by atoms with Gasteiger partial charge in [0.2, 0.25) is 0 Å². The van der Waals surface area contributed by atoms with Crippen molar-refractivity contribution in [3.05, 3.63) is 29.8 Å². The number of hydrogen-bond donors (Lipinski definition) is 2. The number of hydrogen-bond acceptors (Lipinski definition) is 4. The predicted octanol–water partition coefficient (Wildman–Crippen LogP) is 3.68. The molecule has 0 aromatic heterocycles. The SMILES string of the molecule is CN=C(NCC(c1ccccc1OC)N(C)C)NCC1(CCOC)CCCC1.I. The van der Waals surface area contributed by atoms with Crippen molar-refractivity contribution in [2.75, 3.05) is 55.1 Å². The van der Waals surface area contributed by atoms with Gasteiger partial charge in [-0.15, -0.1) is 24.0 Å². The van der Waals surface area contributed by atoms with Gasteiger partial charge in [0.25, 0.3) is 0 Å². The minimum Gasteiger partial charge on any atom is -0.496 e. The quantitative estimate of drug-likeness (QED) is 0.281. The first-order valence-electron chi connectivity index (χ1n) is 10.3. The molecule has 0 bridgehead atoms. The van der Waals surface area contributed by atoms with E-state index in [1.54, 1.807) is 14.2 Å². The highest BCUT2D eigenvalue weighted by Gasteiger charge is 2.33. The van der Waals surface area contributed by atoms with Crippen molar-refractivity contribution in [1.82, 2.24) is 15.5 Å². The molecule has 0 heterocycles. The molecule has 1 aliphatic carbocycles. The molecular formula is C22H39IN4O2. The molecule has 166 valence electrons. The lowest BCUT2D eigenvalue weighted by molar-refractivity contribution is 0.138. The van der Waals surface area contributed by atoms with E-state index in [2.05, 4.69) is 46.8 Å². The first-order valence-corrected chi connectivity index (χ1v) is 10.3. The topological polar surface area (TPSA) is 58.1 Å². The molecule has 0 spiro atoms.